The zero-order chi connectivity index (χ0) is 21.3. The number of allylic oxidation sites excluding steroid dienone is 1. The Hall–Kier alpha value is -2.14. The molecule has 2 amide bonds. The van der Waals surface area contributed by atoms with Gasteiger partial charge in [0, 0.05) is 58.3 Å². The molecule has 2 unspecified atom stereocenters. The summed E-state index contributed by atoms with van der Waals surface area (Å²) in [5.74, 6) is 1.75. The second-order valence-corrected chi connectivity index (χ2v) is 9.76. The normalized spacial score (nSPS) is 25.3. The van der Waals surface area contributed by atoms with Crippen molar-refractivity contribution in [2.75, 3.05) is 45.8 Å². The zero-order valence-corrected chi connectivity index (χ0v) is 18.6. The Morgan fingerprint density at radius 2 is 1.80 bits per heavy atom. The van der Waals surface area contributed by atoms with Gasteiger partial charge in [-0.05, 0) is 42.2 Å². The van der Waals surface area contributed by atoms with E-state index in [2.05, 4.69) is 24.8 Å². The monoisotopic (exact) mass is 409 g/mol. The number of hydrogen-bond donors (Lipinski definition) is 0. The van der Waals surface area contributed by atoms with Gasteiger partial charge < -0.3 is 9.80 Å². The quantitative estimate of drug-likeness (QED) is 0.677. The second-order valence-electron chi connectivity index (χ2n) is 9.76. The molecule has 162 valence electrons. The maximum absolute atomic E-state index is 12.6. The van der Waals surface area contributed by atoms with Crippen molar-refractivity contribution in [3.63, 3.8) is 0 Å². The summed E-state index contributed by atoms with van der Waals surface area (Å²) in [7, 11) is 0. The first kappa shape index (κ1) is 21.1. The van der Waals surface area contributed by atoms with E-state index in [0.29, 0.717) is 11.3 Å². The first-order chi connectivity index (χ1) is 14.4. The Balaban J connectivity index is 1.26. The maximum Gasteiger partial charge on any atom is 0.253 e. The van der Waals surface area contributed by atoms with Crippen LogP contribution in [0.25, 0.3) is 0 Å². The summed E-state index contributed by atoms with van der Waals surface area (Å²) in [4.78, 5) is 31.3. The molecule has 1 saturated heterocycles. The van der Waals surface area contributed by atoms with Crippen LogP contribution in [-0.2, 0) is 4.79 Å². The van der Waals surface area contributed by atoms with Gasteiger partial charge in [-0.2, -0.15) is 0 Å². The first-order valence-electron chi connectivity index (χ1n) is 11.4. The van der Waals surface area contributed by atoms with Crippen LogP contribution >= 0.6 is 0 Å². The number of benzene rings is 1. The van der Waals surface area contributed by atoms with Crippen molar-refractivity contribution in [3.05, 3.63) is 47.5 Å². The molecule has 2 bridgehead atoms. The number of amides is 2. The second kappa shape index (κ2) is 8.54. The number of carbonyl (C=O) groups is 2. The largest absolute Gasteiger partial charge is 0.338 e. The van der Waals surface area contributed by atoms with Gasteiger partial charge in [0.25, 0.3) is 5.91 Å². The first-order valence-corrected chi connectivity index (χ1v) is 11.4. The molecule has 3 aliphatic carbocycles. The van der Waals surface area contributed by atoms with Crippen LogP contribution in [0, 0.1) is 17.3 Å². The van der Waals surface area contributed by atoms with Gasteiger partial charge in [-0.1, -0.05) is 43.7 Å². The summed E-state index contributed by atoms with van der Waals surface area (Å²) in [6.45, 7) is 12.1. The summed E-state index contributed by atoms with van der Waals surface area (Å²) in [6.07, 6.45) is 4.86. The van der Waals surface area contributed by atoms with Crippen molar-refractivity contribution in [1.29, 1.82) is 0 Å². The van der Waals surface area contributed by atoms with Crippen molar-refractivity contribution in [3.8, 4) is 0 Å². The van der Waals surface area contributed by atoms with Gasteiger partial charge in [0.2, 0.25) is 5.91 Å². The number of hydrogen-bond acceptors (Lipinski definition) is 3. The Morgan fingerprint density at radius 3 is 2.40 bits per heavy atom. The maximum atomic E-state index is 12.6. The van der Waals surface area contributed by atoms with Crippen LogP contribution in [0.3, 0.4) is 0 Å². The van der Waals surface area contributed by atoms with Gasteiger partial charge in [-0.3, -0.25) is 14.5 Å². The van der Waals surface area contributed by atoms with E-state index in [-0.39, 0.29) is 11.8 Å². The van der Waals surface area contributed by atoms with Gasteiger partial charge in [-0.15, -0.1) is 0 Å². The minimum Gasteiger partial charge on any atom is -0.338 e. The van der Waals surface area contributed by atoms with Crippen molar-refractivity contribution >= 4 is 11.8 Å². The number of nitrogens with zero attached hydrogens (tertiary/aromatic N) is 3. The van der Waals surface area contributed by atoms with Crippen molar-refractivity contribution in [1.82, 2.24) is 14.7 Å². The molecule has 1 aromatic carbocycles. The minimum atomic E-state index is 0.117. The molecule has 2 atom stereocenters. The minimum absolute atomic E-state index is 0.117. The average molecular weight is 410 g/mol. The molecule has 5 heteroatoms. The highest BCUT2D eigenvalue weighted by atomic mass is 16.2. The lowest BCUT2D eigenvalue weighted by Gasteiger charge is -2.57. The molecule has 0 aromatic heterocycles. The molecule has 5 nitrogen and oxygen atoms in total. The van der Waals surface area contributed by atoms with E-state index in [0.717, 1.165) is 57.3 Å². The fourth-order valence-electron chi connectivity index (χ4n) is 5.42. The predicted octanol–water partition coefficient (Wildman–Crippen LogP) is 3.29. The van der Waals surface area contributed by atoms with Crippen molar-refractivity contribution in [2.24, 2.45) is 17.3 Å². The molecule has 5 rings (SSSR count). The zero-order valence-electron chi connectivity index (χ0n) is 18.6. The number of fused-ring (bicyclic) bond motifs is 1. The number of piperazine rings is 1. The third kappa shape index (κ3) is 4.18. The molecule has 0 N–H and O–H groups in total. The number of carbonyl (C=O) groups excluding carboxylic acids is 2. The highest BCUT2D eigenvalue weighted by Crippen LogP contribution is 2.59. The van der Waals surface area contributed by atoms with E-state index in [1.807, 2.05) is 40.1 Å². The summed E-state index contributed by atoms with van der Waals surface area (Å²) in [5, 5.41) is 0. The van der Waals surface area contributed by atoms with Gasteiger partial charge >= 0.3 is 0 Å². The van der Waals surface area contributed by atoms with Gasteiger partial charge in [0.05, 0.1) is 0 Å². The molecule has 0 spiro atoms. The van der Waals surface area contributed by atoms with Gasteiger partial charge in [0.1, 0.15) is 0 Å². The Morgan fingerprint density at radius 1 is 1.10 bits per heavy atom. The third-order valence-electron chi connectivity index (χ3n) is 7.77. The van der Waals surface area contributed by atoms with E-state index in [9.17, 15) is 9.59 Å². The van der Waals surface area contributed by atoms with Crippen LogP contribution in [0.2, 0.25) is 0 Å². The fraction of sp³-hybridized carbons (Fsp3) is 0.600. The fourth-order valence-corrected chi connectivity index (χ4v) is 5.42. The SMILES string of the molecule is CC(=O)N(CCN1CCN(C(=O)c2ccccc2)CC1)CC1=CCC2CC1C2(C)C. The molecule has 4 aliphatic rings. The van der Waals surface area contributed by atoms with E-state index in [4.69, 9.17) is 0 Å². The van der Waals surface area contributed by atoms with E-state index < -0.39 is 0 Å². The lowest BCUT2D eigenvalue weighted by atomic mass is 9.49. The lowest BCUT2D eigenvalue weighted by molar-refractivity contribution is -0.129. The van der Waals surface area contributed by atoms with Crippen LogP contribution in [0.4, 0.5) is 0 Å². The highest BCUT2D eigenvalue weighted by Gasteiger charge is 2.51. The number of rotatable bonds is 6. The molecule has 1 saturated carbocycles. The Kier molecular flexibility index (Phi) is 6.01. The standard InChI is InChI=1S/C25H35N3O2/c1-19(29)28(18-21-9-10-22-17-23(21)25(22,2)3)16-13-26-11-14-27(15-12-26)24(30)20-7-5-4-6-8-20/h4-9,22-23H,10-18H2,1-3H3. The smallest absolute Gasteiger partial charge is 0.253 e. The summed E-state index contributed by atoms with van der Waals surface area (Å²) >= 11 is 0. The Labute approximate surface area is 180 Å². The molecule has 1 aliphatic heterocycles. The van der Waals surface area contributed by atoms with E-state index >= 15 is 0 Å². The van der Waals surface area contributed by atoms with Gasteiger partial charge in [-0.25, -0.2) is 0 Å². The third-order valence-corrected chi connectivity index (χ3v) is 7.77. The summed E-state index contributed by atoms with van der Waals surface area (Å²) in [6, 6.07) is 9.51. The van der Waals surface area contributed by atoms with Crippen LogP contribution in [-0.4, -0.2) is 72.3 Å². The molecule has 1 heterocycles. The van der Waals surface area contributed by atoms with Crippen molar-refractivity contribution < 1.29 is 9.59 Å². The summed E-state index contributed by atoms with van der Waals surface area (Å²) < 4.78 is 0. The summed E-state index contributed by atoms with van der Waals surface area (Å²) in [5.41, 5.74) is 2.63. The van der Waals surface area contributed by atoms with E-state index in [1.165, 1.54) is 18.4 Å². The predicted molar refractivity (Wildman–Crippen MR) is 119 cm³/mol. The van der Waals surface area contributed by atoms with E-state index in [1.54, 1.807) is 6.92 Å². The highest BCUT2D eigenvalue weighted by molar-refractivity contribution is 5.94. The van der Waals surface area contributed by atoms with Crippen LogP contribution in [0.5, 0.6) is 0 Å². The Bertz CT molecular complexity index is 809. The molecule has 2 fully saturated rings. The lowest BCUT2D eigenvalue weighted by Crippen LogP contribution is -2.52. The van der Waals surface area contributed by atoms with Crippen molar-refractivity contribution in [2.45, 2.75) is 33.6 Å². The molecular weight excluding hydrogens is 374 g/mol. The average Bonchev–Trinajstić information content (AvgIpc) is 2.77. The van der Waals surface area contributed by atoms with Gasteiger partial charge in [0.15, 0.2) is 0 Å². The van der Waals surface area contributed by atoms with Crippen LogP contribution in [0.15, 0.2) is 42.0 Å². The molecule has 1 aromatic rings. The molecule has 0 radical (unpaired) electrons. The van der Waals surface area contributed by atoms with Crippen LogP contribution < -0.4 is 0 Å². The molecule has 30 heavy (non-hydrogen) atoms. The molecular formula is C25H35N3O2. The topological polar surface area (TPSA) is 43.9 Å². The van der Waals surface area contributed by atoms with Crippen LogP contribution in [0.1, 0.15) is 44.0 Å².